The molecule has 3 rings (SSSR count). The monoisotopic (exact) mass is 323 g/mol. The van der Waals surface area contributed by atoms with E-state index in [1.165, 1.54) is 43.2 Å². The first-order valence-electron chi connectivity index (χ1n) is 9.30. The molecule has 1 aliphatic carbocycles. The normalized spacial score (nSPS) is 16.7. The van der Waals surface area contributed by atoms with Crippen LogP contribution in [0.4, 0.5) is 0 Å². The first-order chi connectivity index (χ1) is 11.8. The lowest BCUT2D eigenvalue weighted by Crippen LogP contribution is -2.34. The minimum absolute atomic E-state index is 0.610. The SMILES string of the molecule is CC(NCc1ccc(OCc2ccccc2)cc1)C1CCCCC1. The maximum atomic E-state index is 5.85. The largest absolute Gasteiger partial charge is 0.489 e. The van der Waals surface area contributed by atoms with E-state index < -0.39 is 0 Å². The van der Waals surface area contributed by atoms with Crippen LogP contribution in [-0.4, -0.2) is 6.04 Å². The van der Waals surface area contributed by atoms with Gasteiger partial charge in [0.05, 0.1) is 0 Å². The van der Waals surface area contributed by atoms with Gasteiger partial charge in [-0.3, -0.25) is 0 Å². The number of benzene rings is 2. The molecule has 0 aliphatic heterocycles. The summed E-state index contributed by atoms with van der Waals surface area (Å²) in [6, 6.07) is 19.4. The van der Waals surface area contributed by atoms with Gasteiger partial charge in [-0.2, -0.15) is 0 Å². The smallest absolute Gasteiger partial charge is 0.119 e. The molecule has 2 aromatic rings. The fourth-order valence-electron chi connectivity index (χ4n) is 3.52. The predicted molar refractivity (Wildman–Crippen MR) is 100 cm³/mol. The average molecular weight is 323 g/mol. The van der Waals surface area contributed by atoms with E-state index in [0.717, 1.165) is 18.2 Å². The molecule has 0 saturated heterocycles. The van der Waals surface area contributed by atoms with E-state index in [-0.39, 0.29) is 0 Å². The fourth-order valence-corrected chi connectivity index (χ4v) is 3.52. The molecule has 2 nitrogen and oxygen atoms in total. The zero-order valence-corrected chi connectivity index (χ0v) is 14.7. The van der Waals surface area contributed by atoms with Gasteiger partial charge in [0.15, 0.2) is 0 Å². The van der Waals surface area contributed by atoms with E-state index in [2.05, 4.69) is 48.6 Å². The molecule has 0 heterocycles. The van der Waals surface area contributed by atoms with Gasteiger partial charge in [-0.25, -0.2) is 0 Å². The Bertz CT molecular complexity index is 587. The van der Waals surface area contributed by atoms with Gasteiger partial charge in [-0.15, -0.1) is 0 Å². The Morgan fingerprint density at radius 2 is 1.62 bits per heavy atom. The zero-order chi connectivity index (χ0) is 16.6. The number of nitrogens with one attached hydrogen (secondary N) is 1. The highest BCUT2D eigenvalue weighted by atomic mass is 16.5. The zero-order valence-electron chi connectivity index (χ0n) is 14.7. The standard InChI is InChI=1S/C22H29NO/c1-18(21-10-6-3-7-11-21)23-16-19-12-14-22(15-13-19)24-17-20-8-4-2-5-9-20/h2,4-5,8-9,12-15,18,21,23H,3,6-7,10-11,16-17H2,1H3. The van der Waals surface area contributed by atoms with Crippen LogP contribution in [0, 0.1) is 5.92 Å². The van der Waals surface area contributed by atoms with Gasteiger partial charge >= 0.3 is 0 Å². The highest BCUT2D eigenvalue weighted by Crippen LogP contribution is 2.26. The van der Waals surface area contributed by atoms with Crippen molar-refractivity contribution in [3.8, 4) is 5.75 Å². The topological polar surface area (TPSA) is 21.3 Å². The molecule has 1 unspecified atom stereocenters. The number of rotatable bonds is 7. The van der Waals surface area contributed by atoms with Crippen LogP contribution in [0.15, 0.2) is 54.6 Å². The van der Waals surface area contributed by atoms with Crippen LogP contribution in [0.2, 0.25) is 0 Å². The molecule has 0 spiro atoms. The van der Waals surface area contributed by atoms with Crippen LogP contribution >= 0.6 is 0 Å². The lowest BCUT2D eigenvalue weighted by atomic mass is 9.84. The first-order valence-corrected chi connectivity index (χ1v) is 9.30. The van der Waals surface area contributed by atoms with Crippen molar-refractivity contribution < 1.29 is 4.74 Å². The van der Waals surface area contributed by atoms with Crippen molar-refractivity contribution in [3.05, 3.63) is 65.7 Å². The summed E-state index contributed by atoms with van der Waals surface area (Å²) < 4.78 is 5.85. The second kappa shape index (κ2) is 8.89. The van der Waals surface area contributed by atoms with Gasteiger partial charge in [0.1, 0.15) is 12.4 Å². The summed E-state index contributed by atoms with van der Waals surface area (Å²) in [5.41, 5.74) is 2.52. The van der Waals surface area contributed by atoms with E-state index in [4.69, 9.17) is 4.74 Å². The molecule has 1 aliphatic rings. The van der Waals surface area contributed by atoms with Gasteiger partial charge in [-0.05, 0) is 48.9 Å². The Labute approximate surface area is 146 Å². The molecule has 1 N–H and O–H groups in total. The Kier molecular flexibility index (Phi) is 6.31. The third-order valence-corrected chi connectivity index (χ3v) is 5.16. The minimum Gasteiger partial charge on any atom is -0.489 e. The van der Waals surface area contributed by atoms with E-state index in [1.807, 2.05) is 18.2 Å². The maximum Gasteiger partial charge on any atom is 0.119 e. The molecule has 128 valence electrons. The van der Waals surface area contributed by atoms with Crippen LogP contribution in [-0.2, 0) is 13.2 Å². The third-order valence-electron chi connectivity index (χ3n) is 5.16. The van der Waals surface area contributed by atoms with E-state index in [9.17, 15) is 0 Å². The van der Waals surface area contributed by atoms with Crippen LogP contribution < -0.4 is 10.1 Å². The van der Waals surface area contributed by atoms with Crippen molar-refractivity contribution in [2.45, 2.75) is 58.2 Å². The Balaban J connectivity index is 1.44. The highest BCUT2D eigenvalue weighted by Gasteiger charge is 2.19. The quantitative estimate of drug-likeness (QED) is 0.744. The summed E-state index contributed by atoms with van der Waals surface area (Å²) in [6.45, 7) is 3.90. The molecular weight excluding hydrogens is 294 g/mol. The summed E-state index contributed by atoms with van der Waals surface area (Å²) in [7, 11) is 0. The molecule has 0 radical (unpaired) electrons. The Morgan fingerprint density at radius 1 is 0.917 bits per heavy atom. The molecule has 1 fully saturated rings. The number of ether oxygens (including phenoxy) is 1. The lowest BCUT2D eigenvalue weighted by Gasteiger charge is -2.28. The minimum atomic E-state index is 0.610. The van der Waals surface area contributed by atoms with Crippen molar-refractivity contribution in [1.29, 1.82) is 0 Å². The molecule has 24 heavy (non-hydrogen) atoms. The summed E-state index contributed by atoms with van der Waals surface area (Å²) in [4.78, 5) is 0. The highest BCUT2D eigenvalue weighted by molar-refractivity contribution is 5.27. The summed E-state index contributed by atoms with van der Waals surface area (Å²) in [5.74, 6) is 1.79. The van der Waals surface area contributed by atoms with E-state index >= 15 is 0 Å². The van der Waals surface area contributed by atoms with Gasteiger partial charge in [-0.1, -0.05) is 61.7 Å². The molecule has 0 amide bonds. The molecule has 0 bridgehead atoms. The Morgan fingerprint density at radius 3 is 2.33 bits per heavy atom. The Hall–Kier alpha value is -1.80. The van der Waals surface area contributed by atoms with Crippen molar-refractivity contribution in [3.63, 3.8) is 0 Å². The summed E-state index contributed by atoms with van der Waals surface area (Å²) in [6.07, 6.45) is 7.02. The van der Waals surface area contributed by atoms with Crippen molar-refractivity contribution in [1.82, 2.24) is 5.32 Å². The van der Waals surface area contributed by atoms with Crippen LogP contribution in [0.5, 0.6) is 5.75 Å². The van der Waals surface area contributed by atoms with Crippen LogP contribution in [0.1, 0.15) is 50.2 Å². The second-order valence-electron chi connectivity index (χ2n) is 6.99. The van der Waals surface area contributed by atoms with Crippen molar-refractivity contribution in [2.24, 2.45) is 5.92 Å². The van der Waals surface area contributed by atoms with Gasteiger partial charge in [0.25, 0.3) is 0 Å². The van der Waals surface area contributed by atoms with Crippen LogP contribution in [0.3, 0.4) is 0 Å². The third kappa shape index (κ3) is 5.10. The molecular formula is C22H29NO. The summed E-state index contributed by atoms with van der Waals surface area (Å²) in [5, 5.41) is 3.71. The number of hydrogen-bond donors (Lipinski definition) is 1. The van der Waals surface area contributed by atoms with E-state index in [0.29, 0.717) is 12.6 Å². The maximum absolute atomic E-state index is 5.85. The lowest BCUT2D eigenvalue weighted by molar-refractivity contribution is 0.280. The fraction of sp³-hybridized carbons (Fsp3) is 0.455. The molecule has 2 heteroatoms. The molecule has 1 atom stereocenters. The van der Waals surface area contributed by atoms with Gasteiger partial charge in [0.2, 0.25) is 0 Å². The van der Waals surface area contributed by atoms with Gasteiger partial charge < -0.3 is 10.1 Å². The van der Waals surface area contributed by atoms with E-state index in [1.54, 1.807) is 0 Å². The van der Waals surface area contributed by atoms with Gasteiger partial charge in [0, 0.05) is 12.6 Å². The molecule has 0 aromatic heterocycles. The molecule has 2 aromatic carbocycles. The van der Waals surface area contributed by atoms with Crippen molar-refractivity contribution >= 4 is 0 Å². The van der Waals surface area contributed by atoms with Crippen molar-refractivity contribution in [2.75, 3.05) is 0 Å². The summed E-state index contributed by atoms with van der Waals surface area (Å²) >= 11 is 0. The second-order valence-corrected chi connectivity index (χ2v) is 6.99. The number of hydrogen-bond acceptors (Lipinski definition) is 2. The predicted octanol–water partition coefficient (Wildman–Crippen LogP) is 5.32. The first kappa shape index (κ1) is 17.0. The molecule has 1 saturated carbocycles. The van der Waals surface area contributed by atoms with Crippen LogP contribution in [0.25, 0.3) is 0 Å². The average Bonchev–Trinajstić information content (AvgIpc) is 2.67.